The van der Waals surface area contributed by atoms with Crippen molar-refractivity contribution >= 4 is 5.69 Å². The minimum atomic E-state index is -0.995. The van der Waals surface area contributed by atoms with Crippen LogP contribution < -0.4 is 5.73 Å². The van der Waals surface area contributed by atoms with Gasteiger partial charge in [-0.05, 0) is 23.6 Å². The first kappa shape index (κ1) is 13.4. The van der Waals surface area contributed by atoms with E-state index < -0.39 is 17.6 Å². The molecule has 0 saturated heterocycles. The van der Waals surface area contributed by atoms with E-state index >= 15 is 0 Å². The summed E-state index contributed by atoms with van der Waals surface area (Å²) in [6.45, 7) is 3.43. The van der Waals surface area contributed by atoms with Crippen LogP contribution in [0.25, 0.3) is 11.1 Å². The third-order valence-corrected chi connectivity index (χ3v) is 2.91. The molecule has 2 rings (SSSR count). The van der Waals surface area contributed by atoms with E-state index in [9.17, 15) is 13.2 Å². The van der Waals surface area contributed by atoms with Crippen LogP contribution in [0.1, 0.15) is 25.3 Å². The average molecular weight is 266 g/mol. The van der Waals surface area contributed by atoms with E-state index in [2.05, 4.69) is 4.98 Å². The fourth-order valence-corrected chi connectivity index (χ4v) is 2.03. The third kappa shape index (κ3) is 2.41. The topological polar surface area (TPSA) is 38.9 Å². The highest BCUT2D eigenvalue weighted by atomic mass is 19.2. The monoisotopic (exact) mass is 266 g/mol. The van der Waals surface area contributed by atoms with E-state index in [-0.39, 0.29) is 22.7 Å². The standard InChI is InChI=1S/C14H13F3N2/c1-7(2)12-13(17)10(15)6-9(14(12)18)8-3-4-19-11(16)5-8/h3-7H,18H2,1-2H3. The quantitative estimate of drug-likeness (QED) is 0.662. The predicted octanol–water partition coefficient (Wildman–Crippen LogP) is 3.87. The number of aromatic nitrogens is 1. The molecule has 2 nitrogen and oxygen atoms in total. The molecule has 0 spiro atoms. The Morgan fingerprint density at radius 3 is 2.42 bits per heavy atom. The van der Waals surface area contributed by atoms with E-state index in [0.29, 0.717) is 5.56 Å². The number of nitrogens with two attached hydrogens (primary N) is 1. The average Bonchev–Trinajstić information content (AvgIpc) is 2.33. The van der Waals surface area contributed by atoms with Gasteiger partial charge in [0.15, 0.2) is 11.6 Å². The lowest BCUT2D eigenvalue weighted by Crippen LogP contribution is -2.05. The molecule has 0 atom stereocenters. The van der Waals surface area contributed by atoms with Gasteiger partial charge in [-0.1, -0.05) is 13.8 Å². The van der Waals surface area contributed by atoms with Gasteiger partial charge < -0.3 is 5.73 Å². The van der Waals surface area contributed by atoms with Crippen molar-refractivity contribution in [2.45, 2.75) is 19.8 Å². The lowest BCUT2D eigenvalue weighted by atomic mass is 9.94. The third-order valence-electron chi connectivity index (χ3n) is 2.91. The van der Waals surface area contributed by atoms with Crippen molar-refractivity contribution in [3.05, 3.63) is 47.5 Å². The van der Waals surface area contributed by atoms with Crippen LogP contribution in [0.4, 0.5) is 18.9 Å². The van der Waals surface area contributed by atoms with Crippen molar-refractivity contribution in [3.63, 3.8) is 0 Å². The molecule has 0 radical (unpaired) electrons. The molecule has 0 amide bonds. The smallest absolute Gasteiger partial charge is 0.213 e. The van der Waals surface area contributed by atoms with Crippen LogP contribution in [0.2, 0.25) is 0 Å². The summed E-state index contributed by atoms with van der Waals surface area (Å²) in [4.78, 5) is 3.42. The molecule has 0 saturated carbocycles. The zero-order chi connectivity index (χ0) is 14.2. The van der Waals surface area contributed by atoms with Gasteiger partial charge in [0, 0.05) is 29.1 Å². The number of hydrogen-bond acceptors (Lipinski definition) is 2. The van der Waals surface area contributed by atoms with Crippen molar-refractivity contribution in [2.75, 3.05) is 5.73 Å². The number of pyridine rings is 1. The molecule has 1 aromatic heterocycles. The number of anilines is 1. The predicted molar refractivity (Wildman–Crippen MR) is 68.0 cm³/mol. The minimum Gasteiger partial charge on any atom is -0.398 e. The Morgan fingerprint density at radius 1 is 1.16 bits per heavy atom. The highest BCUT2D eigenvalue weighted by molar-refractivity contribution is 5.79. The lowest BCUT2D eigenvalue weighted by Gasteiger charge is -2.15. The molecule has 0 aliphatic carbocycles. The van der Waals surface area contributed by atoms with Gasteiger partial charge >= 0.3 is 0 Å². The summed E-state index contributed by atoms with van der Waals surface area (Å²) in [5.74, 6) is -2.93. The first-order valence-corrected chi connectivity index (χ1v) is 5.81. The number of benzene rings is 1. The molecule has 1 heterocycles. The molecular weight excluding hydrogens is 253 g/mol. The number of rotatable bonds is 2. The molecule has 0 bridgehead atoms. The fourth-order valence-electron chi connectivity index (χ4n) is 2.03. The van der Waals surface area contributed by atoms with Crippen LogP contribution in [-0.2, 0) is 0 Å². The molecular formula is C14H13F3N2. The first-order chi connectivity index (χ1) is 8.91. The van der Waals surface area contributed by atoms with Crippen molar-refractivity contribution in [3.8, 4) is 11.1 Å². The van der Waals surface area contributed by atoms with Crippen LogP contribution in [0.5, 0.6) is 0 Å². The molecule has 100 valence electrons. The van der Waals surface area contributed by atoms with Crippen molar-refractivity contribution in [2.24, 2.45) is 0 Å². The van der Waals surface area contributed by atoms with Gasteiger partial charge in [-0.25, -0.2) is 13.8 Å². The van der Waals surface area contributed by atoms with Gasteiger partial charge in [0.1, 0.15) is 0 Å². The molecule has 1 aromatic carbocycles. The summed E-state index contributed by atoms with van der Waals surface area (Å²) >= 11 is 0. The fraction of sp³-hybridized carbons (Fsp3) is 0.214. The summed E-state index contributed by atoms with van der Waals surface area (Å²) in [5.41, 5.74) is 6.75. The highest BCUT2D eigenvalue weighted by Crippen LogP contribution is 2.35. The number of halogens is 3. The molecule has 2 N–H and O–H groups in total. The van der Waals surface area contributed by atoms with Crippen LogP contribution in [0.15, 0.2) is 24.4 Å². The lowest BCUT2D eigenvalue weighted by molar-refractivity contribution is 0.495. The van der Waals surface area contributed by atoms with E-state index in [0.717, 1.165) is 12.1 Å². The van der Waals surface area contributed by atoms with Gasteiger partial charge in [0.05, 0.1) is 0 Å². The Hall–Kier alpha value is -2.04. The summed E-state index contributed by atoms with van der Waals surface area (Å²) < 4.78 is 40.5. The maximum absolute atomic E-state index is 13.7. The van der Waals surface area contributed by atoms with E-state index in [4.69, 9.17) is 5.73 Å². The maximum atomic E-state index is 13.7. The minimum absolute atomic E-state index is 0.104. The summed E-state index contributed by atoms with van der Waals surface area (Å²) in [7, 11) is 0. The van der Waals surface area contributed by atoms with Crippen LogP contribution in [-0.4, -0.2) is 4.98 Å². The first-order valence-electron chi connectivity index (χ1n) is 5.81. The van der Waals surface area contributed by atoms with Gasteiger partial charge in [0.2, 0.25) is 5.95 Å². The number of hydrogen-bond donors (Lipinski definition) is 1. The molecule has 0 unspecified atom stereocenters. The van der Waals surface area contributed by atoms with Crippen LogP contribution in [0.3, 0.4) is 0 Å². The summed E-state index contributed by atoms with van der Waals surface area (Å²) in [5, 5.41) is 0. The zero-order valence-electron chi connectivity index (χ0n) is 10.5. The van der Waals surface area contributed by atoms with E-state index in [1.54, 1.807) is 13.8 Å². The van der Waals surface area contributed by atoms with E-state index in [1.807, 2.05) is 0 Å². The second kappa shape index (κ2) is 4.91. The molecule has 0 aliphatic rings. The van der Waals surface area contributed by atoms with E-state index in [1.165, 1.54) is 12.3 Å². The molecule has 5 heteroatoms. The molecule has 2 aromatic rings. The highest BCUT2D eigenvalue weighted by Gasteiger charge is 2.19. The summed E-state index contributed by atoms with van der Waals surface area (Å²) in [6, 6.07) is 3.61. The number of nitrogens with zero attached hydrogens (tertiary/aromatic N) is 1. The largest absolute Gasteiger partial charge is 0.398 e. The van der Waals surface area contributed by atoms with Crippen LogP contribution >= 0.6 is 0 Å². The van der Waals surface area contributed by atoms with Crippen LogP contribution in [0, 0.1) is 17.6 Å². The van der Waals surface area contributed by atoms with Crippen molar-refractivity contribution in [1.29, 1.82) is 0 Å². The molecule has 0 fully saturated rings. The Balaban J connectivity index is 2.72. The van der Waals surface area contributed by atoms with Gasteiger partial charge in [-0.15, -0.1) is 0 Å². The van der Waals surface area contributed by atoms with Crippen molar-refractivity contribution in [1.82, 2.24) is 4.98 Å². The Morgan fingerprint density at radius 2 is 1.84 bits per heavy atom. The van der Waals surface area contributed by atoms with Gasteiger partial charge in [-0.2, -0.15) is 4.39 Å². The Bertz CT molecular complexity index is 624. The SMILES string of the molecule is CC(C)c1c(N)c(-c2ccnc(F)c2)cc(F)c1F. The second-order valence-electron chi connectivity index (χ2n) is 4.57. The Labute approximate surface area is 109 Å². The van der Waals surface area contributed by atoms with Gasteiger partial charge in [-0.3, -0.25) is 0 Å². The molecule has 0 aliphatic heterocycles. The van der Waals surface area contributed by atoms with Crippen molar-refractivity contribution < 1.29 is 13.2 Å². The normalized spacial score (nSPS) is 11.1. The zero-order valence-corrected chi connectivity index (χ0v) is 10.5. The molecule has 19 heavy (non-hydrogen) atoms. The number of nitrogen functional groups attached to an aromatic ring is 1. The maximum Gasteiger partial charge on any atom is 0.213 e. The second-order valence-corrected chi connectivity index (χ2v) is 4.57. The Kier molecular flexibility index (Phi) is 3.46. The summed E-state index contributed by atoms with van der Waals surface area (Å²) in [6.07, 6.45) is 1.25. The van der Waals surface area contributed by atoms with Gasteiger partial charge in [0.25, 0.3) is 0 Å².